The molecule has 0 aliphatic rings. The number of amides is 1. The molecule has 0 saturated carbocycles. The Morgan fingerprint density at radius 2 is 2.00 bits per heavy atom. The van der Waals surface area contributed by atoms with E-state index in [0.717, 1.165) is 0 Å². The van der Waals surface area contributed by atoms with E-state index in [2.05, 4.69) is 5.32 Å². The van der Waals surface area contributed by atoms with Gasteiger partial charge >= 0.3 is 12.1 Å². The number of anilines is 1. The van der Waals surface area contributed by atoms with Gasteiger partial charge in [0.1, 0.15) is 11.3 Å². The summed E-state index contributed by atoms with van der Waals surface area (Å²) in [6.45, 7) is 3.90. The molecule has 1 aromatic carbocycles. The minimum Gasteiger partial charge on any atom is -0.493 e. The maximum atomic E-state index is 11.3. The molecule has 104 valence electrons. The van der Waals surface area contributed by atoms with Gasteiger partial charge in [0.05, 0.1) is 23.9 Å². The van der Waals surface area contributed by atoms with E-state index in [9.17, 15) is 9.59 Å². The lowest BCUT2D eigenvalue weighted by Gasteiger charge is -2.12. The Hall–Kier alpha value is -1.95. The SMILES string of the molecule is CCOC(=O)Nc1cc(OCC)c(C(=O)O)cc1Cl. The van der Waals surface area contributed by atoms with Crippen molar-refractivity contribution in [1.29, 1.82) is 0 Å². The Balaban J connectivity index is 3.09. The molecule has 6 nitrogen and oxygen atoms in total. The van der Waals surface area contributed by atoms with E-state index in [4.69, 9.17) is 26.2 Å². The van der Waals surface area contributed by atoms with Crippen molar-refractivity contribution in [2.75, 3.05) is 18.5 Å². The van der Waals surface area contributed by atoms with Gasteiger partial charge in [-0.15, -0.1) is 0 Å². The van der Waals surface area contributed by atoms with Crippen LogP contribution in [0.25, 0.3) is 0 Å². The van der Waals surface area contributed by atoms with Crippen LogP contribution in [0.15, 0.2) is 12.1 Å². The van der Waals surface area contributed by atoms with Gasteiger partial charge in [0.15, 0.2) is 0 Å². The van der Waals surface area contributed by atoms with Crippen LogP contribution in [-0.2, 0) is 4.74 Å². The highest BCUT2D eigenvalue weighted by Crippen LogP contribution is 2.31. The third-order valence-corrected chi connectivity index (χ3v) is 2.42. The van der Waals surface area contributed by atoms with Gasteiger partial charge in [-0.25, -0.2) is 9.59 Å². The fraction of sp³-hybridized carbons (Fsp3) is 0.333. The van der Waals surface area contributed by atoms with E-state index in [1.807, 2.05) is 0 Å². The van der Waals surface area contributed by atoms with Gasteiger partial charge in [0.25, 0.3) is 0 Å². The van der Waals surface area contributed by atoms with Gasteiger partial charge < -0.3 is 14.6 Å². The molecular formula is C12H14ClNO5. The van der Waals surface area contributed by atoms with Crippen LogP contribution < -0.4 is 10.1 Å². The number of carboxylic acids is 1. The van der Waals surface area contributed by atoms with Crippen molar-refractivity contribution in [2.45, 2.75) is 13.8 Å². The van der Waals surface area contributed by atoms with Crippen LogP contribution in [0.4, 0.5) is 10.5 Å². The van der Waals surface area contributed by atoms with Gasteiger partial charge in [0.2, 0.25) is 0 Å². The first-order valence-electron chi connectivity index (χ1n) is 5.63. The number of carbonyl (C=O) groups excluding carboxylic acids is 1. The first-order valence-corrected chi connectivity index (χ1v) is 6.00. The molecule has 1 rings (SSSR count). The summed E-state index contributed by atoms with van der Waals surface area (Å²) in [6.07, 6.45) is -0.671. The predicted molar refractivity (Wildman–Crippen MR) is 70.2 cm³/mol. The Bertz CT molecular complexity index is 489. The van der Waals surface area contributed by atoms with Crippen LogP contribution in [0.3, 0.4) is 0 Å². The third-order valence-electron chi connectivity index (χ3n) is 2.11. The molecule has 0 fully saturated rings. The number of rotatable bonds is 5. The summed E-state index contributed by atoms with van der Waals surface area (Å²) in [5.41, 5.74) is 0.162. The van der Waals surface area contributed by atoms with Crippen LogP contribution in [0.1, 0.15) is 24.2 Å². The lowest BCUT2D eigenvalue weighted by Crippen LogP contribution is -2.14. The van der Waals surface area contributed by atoms with Crippen molar-refractivity contribution in [3.8, 4) is 5.75 Å². The van der Waals surface area contributed by atoms with Crippen molar-refractivity contribution < 1.29 is 24.2 Å². The second-order valence-corrected chi connectivity index (χ2v) is 3.82. The zero-order chi connectivity index (χ0) is 14.4. The molecule has 0 aromatic heterocycles. The second-order valence-electron chi connectivity index (χ2n) is 3.41. The lowest BCUT2D eigenvalue weighted by molar-refractivity contribution is 0.0692. The molecule has 0 bridgehead atoms. The molecule has 0 heterocycles. The Morgan fingerprint density at radius 1 is 1.32 bits per heavy atom. The zero-order valence-electron chi connectivity index (χ0n) is 10.5. The number of hydrogen-bond donors (Lipinski definition) is 2. The topological polar surface area (TPSA) is 84.9 Å². The van der Waals surface area contributed by atoms with Crippen molar-refractivity contribution in [2.24, 2.45) is 0 Å². The molecule has 19 heavy (non-hydrogen) atoms. The standard InChI is InChI=1S/C12H14ClNO5/c1-3-18-10-6-9(14-12(17)19-4-2)8(13)5-7(10)11(15)16/h5-6H,3-4H2,1-2H3,(H,14,17)(H,15,16). The number of ether oxygens (including phenoxy) is 2. The van der Waals surface area contributed by atoms with E-state index >= 15 is 0 Å². The summed E-state index contributed by atoms with van der Waals surface area (Å²) in [4.78, 5) is 22.3. The maximum Gasteiger partial charge on any atom is 0.411 e. The molecule has 1 aromatic rings. The van der Waals surface area contributed by atoms with Gasteiger partial charge in [-0.2, -0.15) is 0 Å². The molecule has 0 radical (unpaired) electrons. The molecule has 1 amide bonds. The number of aromatic carboxylic acids is 1. The van der Waals surface area contributed by atoms with Crippen LogP contribution in [-0.4, -0.2) is 30.4 Å². The molecule has 0 unspecified atom stereocenters. The van der Waals surface area contributed by atoms with E-state index < -0.39 is 12.1 Å². The largest absolute Gasteiger partial charge is 0.493 e. The van der Waals surface area contributed by atoms with Gasteiger partial charge in [-0.05, 0) is 19.9 Å². The van der Waals surface area contributed by atoms with E-state index in [1.165, 1.54) is 12.1 Å². The van der Waals surface area contributed by atoms with Gasteiger partial charge in [-0.1, -0.05) is 11.6 Å². The van der Waals surface area contributed by atoms with Crippen molar-refractivity contribution in [3.63, 3.8) is 0 Å². The molecular weight excluding hydrogens is 274 g/mol. The van der Waals surface area contributed by atoms with Gasteiger partial charge in [0, 0.05) is 6.07 Å². The molecule has 7 heteroatoms. The summed E-state index contributed by atoms with van der Waals surface area (Å²) in [7, 11) is 0. The monoisotopic (exact) mass is 287 g/mol. The predicted octanol–water partition coefficient (Wildman–Crippen LogP) is 3.01. The van der Waals surface area contributed by atoms with Crippen LogP contribution in [0.5, 0.6) is 5.75 Å². The molecule has 0 spiro atoms. The van der Waals surface area contributed by atoms with Gasteiger partial charge in [-0.3, -0.25) is 5.32 Å². The molecule has 0 aliphatic heterocycles. The van der Waals surface area contributed by atoms with Crippen molar-refractivity contribution in [1.82, 2.24) is 0 Å². The van der Waals surface area contributed by atoms with E-state index in [0.29, 0.717) is 6.61 Å². The van der Waals surface area contributed by atoms with Crippen molar-refractivity contribution in [3.05, 3.63) is 22.7 Å². The van der Waals surface area contributed by atoms with E-state index in [1.54, 1.807) is 13.8 Å². The fourth-order valence-electron chi connectivity index (χ4n) is 1.37. The summed E-state index contributed by atoms with van der Waals surface area (Å²) in [6, 6.07) is 2.57. The maximum absolute atomic E-state index is 11.3. The highest BCUT2D eigenvalue weighted by molar-refractivity contribution is 6.34. The van der Waals surface area contributed by atoms with Crippen LogP contribution in [0.2, 0.25) is 5.02 Å². The molecule has 0 atom stereocenters. The molecule has 2 N–H and O–H groups in total. The average molecular weight is 288 g/mol. The van der Waals surface area contributed by atoms with Crippen molar-refractivity contribution >= 4 is 29.4 Å². The summed E-state index contributed by atoms with van der Waals surface area (Å²) in [5, 5.41) is 11.5. The summed E-state index contributed by atoms with van der Waals surface area (Å²) < 4.78 is 9.92. The third kappa shape index (κ3) is 4.03. The average Bonchev–Trinajstić information content (AvgIpc) is 2.33. The number of carbonyl (C=O) groups is 2. The Kier molecular flexibility index (Phi) is 5.44. The lowest BCUT2D eigenvalue weighted by atomic mass is 10.2. The number of hydrogen-bond acceptors (Lipinski definition) is 4. The summed E-state index contributed by atoms with van der Waals surface area (Å²) in [5.74, 6) is -1.03. The number of benzene rings is 1. The Morgan fingerprint density at radius 3 is 2.53 bits per heavy atom. The fourth-order valence-corrected chi connectivity index (χ4v) is 1.58. The quantitative estimate of drug-likeness (QED) is 0.869. The highest BCUT2D eigenvalue weighted by atomic mass is 35.5. The Labute approximate surface area is 115 Å². The van der Waals surface area contributed by atoms with E-state index in [-0.39, 0.29) is 28.6 Å². The number of halogens is 1. The second kappa shape index (κ2) is 6.84. The molecule has 0 aliphatic carbocycles. The minimum absolute atomic E-state index is 0.0683. The smallest absolute Gasteiger partial charge is 0.411 e. The van der Waals surface area contributed by atoms with Crippen LogP contribution >= 0.6 is 11.6 Å². The van der Waals surface area contributed by atoms with Crippen LogP contribution in [0, 0.1) is 0 Å². The summed E-state index contributed by atoms with van der Waals surface area (Å²) >= 11 is 5.90. The number of nitrogens with one attached hydrogen (secondary N) is 1. The first kappa shape index (κ1) is 15.1. The number of carboxylic acid groups (broad SMARTS) is 1. The normalized spacial score (nSPS) is 9.84. The zero-order valence-corrected chi connectivity index (χ0v) is 11.3. The minimum atomic E-state index is -1.16. The first-order chi connectivity index (χ1) is 8.99. The highest BCUT2D eigenvalue weighted by Gasteiger charge is 2.16. The molecule has 0 saturated heterocycles.